The summed E-state index contributed by atoms with van der Waals surface area (Å²) in [5.41, 5.74) is 4.42. The van der Waals surface area contributed by atoms with Gasteiger partial charge < -0.3 is 14.8 Å². The molecule has 130 valence electrons. The van der Waals surface area contributed by atoms with E-state index < -0.39 is 5.97 Å². The third-order valence-electron chi connectivity index (χ3n) is 4.23. The van der Waals surface area contributed by atoms with Crippen LogP contribution in [0.15, 0.2) is 42.5 Å². The molecule has 5 heteroatoms. The van der Waals surface area contributed by atoms with E-state index in [-0.39, 0.29) is 12.5 Å². The Morgan fingerprint density at radius 3 is 2.76 bits per heavy atom. The van der Waals surface area contributed by atoms with Gasteiger partial charge in [-0.05, 0) is 48.1 Å². The summed E-state index contributed by atoms with van der Waals surface area (Å²) in [4.78, 5) is 23.4. The molecular formula is C20H21NO4. The van der Waals surface area contributed by atoms with Crippen molar-refractivity contribution in [1.82, 2.24) is 0 Å². The van der Waals surface area contributed by atoms with Crippen molar-refractivity contribution in [2.75, 3.05) is 19.0 Å². The van der Waals surface area contributed by atoms with E-state index in [2.05, 4.69) is 22.2 Å². The van der Waals surface area contributed by atoms with Crippen LogP contribution >= 0.6 is 0 Å². The van der Waals surface area contributed by atoms with Gasteiger partial charge in [-0.15, -0.1) is 0 Å². The number of esters is 1. The van der Waals surface area contributed by atoms with Crippen molar-refractivity contribution in [2.45, 2.75) is 25.7 Å². The van der Waals surface area contributed by atoms with E-state index in [1.807, 2.05) is 6.07 Å². The van der Waals surface area contributed by atoms with Crippen molar-refractivity contribution in [3.8, 4) is 5.75 Å². The molecule has 25 heavy (non-hydrogen) atoms. The van der Waals surface area contributed by atoms with Crippen molar-refractivity contribution in [2.24, 2.45) is 0 Å². The number of carbonyl (C=O) groups excluding carboxylic acids is 2. The molecule has 1 N–H and O–H groups in total. The average Bonchev–Trinajstić information content (AvgIpc) is 3.07. The minimum absolute atomic E-state index is 0.0805. The Morgan fingerprint density at radius 2 is 1.92 bits per heavy atom. The maximum Gasteiger partial charge on any atom is 0.343 e. The molecule has 0 heterocycles. The fourth-order valence-electron chi connectivity index (χ4n) is 2.99. The third kappa shape index (κ3) is 4.59. The number of anilines is 1. The second-order valence-corrected chi connectivity index (χ2v) is 6.07. The number of hydrogen-bond donors (Lipinski definition) is 1. The molecule has 0 saturated carbocycles. The number of aryl methyl sites for hydroxylation is 2. The highest BCUT2D eigenvalue weighted by Gasteiger charge is 2.12. The van der Waals surface area contributed by atoms with E-state index in [0.717, 1.165) is 18.4 Å². The number of hydrogen-bond acceptors (Lipinski definition) is 4. The molecule has 0 saturated heterocycles. The van der Waals surface area contributed by atoms with Gasteiger partial charge in [-0.1, -0.05) is 24.3 Å². The molecule has 1 aliphatic carbocycles. The van der Waals surface area contributed by atoms with Crippen LogP contribution in [0.2, 0.25) is 0 Å². The number of rotatable bonds is 6. The topological polar surface area (TPSA) is 64.6 Å². The number of amides is 1. The van der Waals surface area contributed by atoms with Crippen molar-refractivity contribution in [3.05, 3.63) is 59.2 Å². The van der Waals surface area contributed by atoms with Gasteiger partial charge in [-0.25, -0.2) is 4.79 Å². The monoisotopic (exact) mass is 339 g/mol. The Labute approximate surface area is 147 Å². The van der Waals surface area contributed by atoms with Gasteiger partial charge in [0.05, 0.1) is 13.5 Å². The molecule has 2 aromatic carbocycles. The first kappa shape index (κ1) is 17.0. The number of benzene rings is 2. The summed E-state index contributed by atoms with van der Waals surface area (Å²) in [6, 6.07) is 13.2. The molecular weight excluding hydrogens is 318 g/mol. The van der Waals surface area contributed by atoms with Crippen LogP contribution in [0.5, 0.6) is 5.75 Å². The first-order valence-electron chi connectivity index (χ1n) is 8.34. The van der Waals surface area contributed by atoms with Crippen LogP contribution in [0, 0.1) is 0 Å². The number of ether oxygens (including phenoxy) is 2. The lowest BCUT2D eigenvalue weighted by atomic mass is 10.0. The normalized spacial score (nSPS) is 12.4. The van der Waals surface area contributed by atoms with E-state index in [1.54, 1.807) is 24.3 Å². The molecule has 0 spiro atoms. The van der Waals surface area contributed by atoms with Crippen molar-refractivity contribution < 1.29 is 19.1 Å². The lowest BCUT2D eigenvalue weighted by Gasteiger charge is -2.09. The Balaban J connectivity index is 1.58. The molecule has 0 atom stereocenters. The summed E-state index contributed by atoms with van der Waals surface area (Å²) in [5.74, 6) is -0.0326. The molecule has 0 unspecified atom stereocenters. The molecule has 3 rings (SSSR count). The fraction of sp³-hybridized carbons (Fsp3) is 0.300. The van der Waals surface area contributed by atoms with Crippen LogP contribution in [-0.4, -0.2) is 25.6 Å². The number of carbonyl (C=O) groups is 2. The lowest BCUT2D eigenvalue weighted by Crippen LogP contribution is -2.15. The van der Waals surface area contributed by atoms with E-state index in [4.69, 9.17) is 4.74 Å². The Kier molecular flexibility index (Phi) is 5.33. The van der Waals surface area contributed by atoms with Gasteiger partial charge in [-0.3, -0.25) is 4.79 Å². The van der Waals surface area contributed by atoms with E-state index in [9.17, 15) is 9.59 Å². The molecule has 0 bridgehead atoms. The van der Waals surface area contributed by atoms with Crippen molar-refractivity contribution in [1.29, 1.82) is 0 Å². The minimum Gasteiger partial charge on any atom is -0.482 e. The highest BCUT2D eigenvalue weighted by molar-refractivity contribution is 5.92. The van der Waals surface area contributed by atoms with Gasteiger partial charge in [0.15, 0.2) is 6.61 Å². The predicted octanol–water partition coefficient (Wildman–Crippen LogP) is 2.91. The maximum absolute atomic E-state index is 12.3. The van der Waals surface area contributed by atoms with Gasteiger partial charge in [0.2, 0.25) is 5.91 Å². The summed E-state index contributed by atoms with van der Waals surface area (Å²) in [5, 5.41) is 2.87. The average molecular weight is 339 g/mol. The Bertz CT molecular complexity index is 785. The van der Waals surface area contributed by atoms with Crippen LogP contribution in [0.25, 0.3) is 0 Å². The van der Waals surface area contributed by atoms with E-state index in [1.165, 1.54) is 24.7 Å². The largest absolute Gasteiger partial charge is 0.482 e. The van der Waals surface area contributed by atoms with Gasteiger partial charge in [0.25, 0.3) is 0 Å². The van der Waals surface area contributed by atoms with Crippen LogP contribution in [0.3, 0.4) is 0 Å². The number of fused-ring (bicyclic) bond motifs is 1. The Morgan fingerprint density at radius 1 is 1.08 bits per heavy atom. The maximum atomic E-state index is 12.3. The molecule has 0 aromatic heterocycles. The second kappa shape index (κ2) is 7.83. The van der Waals surface area contributed by atoms with E-state index in [0.29, 0.717) is 17.9 Å². The summed E-state index contributed by atoms with van der Waals surface area (Å²) in [6.07, 6.45) is 3.77. The van der Waals surface area contributed by atoms with Crippen LogP contribution in [0.4, 0.5) is 5.69 Å². The zero-order chi connectivity index (χ0) is 17.6. The van der Waals surface area contributed by atoms with Gasteiger partial charge in [0, 0.05) is 11.8 Å². The zero-order valence-electron chi connectivity index (χ0n) is 14.2. The summed E-state index contributed by atoms with van der Waals surface area (Å²) in [7, 11) is 1.31. The van der Waals surface area contributed by atoms with Crippen LogP contribution in [-0.2, 0) is 33.6 Å². The van der Waals surface area contributed by atoms with Crippen molar-refractivity contribution in [3.63, 3.8) is 0 Å². The lowest BCUT2D eigenvalue weighted by molar-refractivity contribution is -0.142. The van der Waals surface area contributed by atoms with Gasteiger partial charge in [0.1, 0.15) is 5.75 Å². The number of nitrogens with one attached hydrogen (secondary N) is 1. The molecule has 2 aromatic rings. The molecule has 1 amide bonds. The smallest absolute Gasteiger partial charge is 0.343 e. The standard InChI is InChI=1S/C20H21NO4/c1-24-20(23)13-25-18-7-3-6-17(12-18)21-19(22)11-14-8-9-15-4-2-5-16(15)10-14/h3,6-10,12H,2,4-5,11,13H2,1H3,(H,21,22). The predicted molar refractivity (Wildman–Crippen MR) is 94.8 cm³/mol. The molecule has 1 aliphatic rings. The summed E-state index contributed by atoms with van der Waals surface area (Å²) in [6.45, 7) is -0.164. The first-order chi connectivity index (χ1) is 12.1. The van der Waals surface area contributed by atoms with Crippen LogP contribution in [0.1, 0.15) is 23.1 Å². The highest BCUT2D eigenvalue weighted by Crippen LogP contribution is 2.23. The van der Waals surface area contributed by atoms with Gasteiger partial charge in [-0.2, -0.15) is 0 Å². The molecule has 0 aliphatic heterocycles. The summed E-state index contributed by atoms with van der Waals surface area (Å²) < 4.78 is 9.85. The van der Waals surface area contributed by atoms with Gasteiger partial charge >= 0.3 is 5.97 Å². The zero-order valence-corrected chi connectivity index (χ0v) is 14.2. The quantitative estimate of drug-likeness (QED) is 0.822. The SMILES string of the molecule is COC(=O)COc1cccc(NC(=O)Cc2ccc3c(c2)CCC3)c1. The second-order valence-electron chi connectivity index (χ2n) is 6.07. The summed E-state index contributed by atoms with van der Waals surface area (Å²) >= 11 is 0. The highest BCUT2D eigenvalue weighted by atomic mass is 16.6. The number of methoxy groups -OCH3 is 1. The van der Waals surface area contributed by atoms with E-state index >= 15 is 0 Å². The fourth-order valence-corrected chi connectivity index (χ4v) is 2.99. The molecule has 5 nitrogen and oxygen atoms in total. The minimum atomic E-state index is -0.453. The molecule has 0 radical (unpaired) electrons. The third-order valence-corrected chi connectivity index (χ3v) is 4.23. The molecule has 0 fully saturated rings. The Hall–Kier alpha value is -2.82. The van der Waals surface area contributed by atoms with Crippen LogP contribution < -0.4 is 10.1 Å². The van der Waals surface area contributed by atoms with Crippen molar-refractivity contribution >= 4 is 17.6 Å². The first-order valence-corrected chi connectivity index (χ1v) is 8.34.